The van der Waals surface area contributed by atoms with E-state index in [2.05, 4.69) is 17.2 Å². The maximum atomic E-state index is 11.1. The maximum Gasteiger partial charge on any atom is 0.314 e. The van der Waals surface area contributed by atoms with Crippen LogP contribution in [0.25, 0.3) is 0 Å². The average Bonchev–Trinajstić information content (AvgIpc) is 2.41. The van der Waals surface area contributed by atoms with Gasteiger partial charge in [0.05, 0.1) is 4.92 Å². The number of anilines is 1. The van der Waals surface area contributed by atoms with Crippen LogP contribution in [-0.4, -0.2) is 15.9 Å². The molecule has 0 saturated heterocycles. The molecule has 1 saturated carbocycles. The second kappa shape index (κ2) is 6.68. The molecular formula is C15H23N3O2. The Morgan fingerprint density at radius 1 is 1.40 bits per heavy atom. The van der Waals surface area contributed by atoms with Crippen molar-refractivity contribution in [2.45, 2.75) is 58.4 Å². The van der Waals surface area contributed by atoms with E-state index in [1.54, 1.807) is 19.2 Å². The van der Waals surface area contributed by atoms with Crippen molar-refractivity contribution in [1.29, 1.82) is 0 Å². The van der Waals surface area contributed by atoms with E-state index in [9.17, 15) is 10.1 Å². The van der Waals surface area contributed by atoms with E-state index >= 15 is 0 Å². The van der Waals surface area contributed by atoms with E-state index in [0.29, 0.717) is 17.4 Å². The quantitative estimate of drug-likeness (QED) is 0.650. The molecule has 0 unspecified atom stereocenters. The van der Waals surface area contributed by atoms with Gasteiger partial charge in [-0.2, -0.15) is 0 Å². The van der Waals surface area contributed by atoms with Gasteiger partial charge >= 0.3 is 5.69 Å². The molecule has 0 aromatic carbocycles. The van der Waals surface area contributed by atoms with Gasteiger partial charge in [0.25, 0.3) is 0 Å². The lowest BCUT2D eigenvalue weighted by molar-refractivity contribution is -0.384. The van der Waals surface area contributed by atoms with Crippen LogP contribution in [0.2, 0.25) is 0 Å². The van der Waals surface area contributed by atoms with Gasteiger partial charge < -0.3 is 5.32 Å². The van der Waals surface area contributed by atoms with Crippen molar-refractivity contribution in [3.05, 3.63) is 27.9 Å². The monoisotopic (exact) mass is 277 g/mol. The van der Waals surface area contributed by atoms with Gasteiger partial charge in [-0.1, -0.05) is 19.8 Å². The minimum Gasteiger partial charge on any atom is -0.362 e. The smallest absolute Gasteiger partial charge is 0.314 e. The summed E-state index contributed by atoms with van der Waals surface area (Å²) in [5.74, 6) is 1.26. The lowest BCUT2D eigenvalue weighted by atomic mass is 9.83. The van der Waals surface area contributed by atoms with E-state index in [1.165, 1.54) is 25.7 Å². The summed E-state index contributed by atoms with van der Waals surface area (Å²) in [4.78, 5) is 15.0. The van der Waals surface area contributed by atoms with Crippen LogP contribution in [-0.2, 0) is 0 Å². The molecule has 110 valence electrons. The first kappa shape index (κ1) is 14.8. The Labute approximate surface area is 119 Å². The predicted octanol–water partition coefficient (Wildman–Crippen LogP) is 4.07. The van der Waals surface area contributed by atoms with Crippen molar-refractivity contribution >= 4 is 11.5 Å². The van der Waals surface area contributed by atoms with Crippen LogP contribution >= 0.6 is 0 Å². The molecule has 1 N–H and O–H groups in total. The van der Waals surface area contributed by atoms with Crippen molar-refractivity contribution in [3.63, 3.8) is 0 Å². The molecule has 0 aliphatic heterocycles. The largest absolute Gasteiger partial charge is 0.362 e. The minimum absolute atomic E-state index is 0.114. The molecule has 1 fully saturated rings. The first-order chi connectivity index (χ1) is 9.61. The average molecular weight is 277 g/mol. The lowest BCUT2D eigenvalue weighted by Gasteiger charge is -2.29. The van der Waals surface area contributed by atoms with Gasteiger partial charge in [-0.15, -0.1) is 0 Å². The van der Waals surface area contributed by atoms with Gasteiger partial charge in [-0.25, -0.2) is 4.98 Å². The molecule has 0 bridgehead atoms. The number of aryl methyl sites for hydroxylation is 1. The van der Waals surface area contributed by atoms with E-state index in [4.69, 9.17) is 0 Å². The maximum absolute atomic E-state index is 11.1. The van der Waals surface area contributed by atoms with Crippen molar-refractivity contribution in [2.75, 3.05) is 5.32 Å². The molecule has 1 heterocycles. The molecule has 1 aromatic rings. The zero-order chi connectivity index (χ0) is 14.5. The molecular weight excluding hydrogens is 254 g/mol. The van der Waals surface area contributed by atoms with E-state index in [-0.39, 0.29) is 10.6 Å². The first-order valence-corrected chi connectivity index (χ1v) is 7.48. The topological polar surface area (TPSA) is 68.1 Å². The van der Waals surface area contributed by atoms with Crippen LogP contribution in [0.15, 0.2) is 12.3 Å². The molecule has 0 atom stereocenters. The second-order valence-electron chi connectivity index (χ2n) is 5.73. The fraction of sp³-hybridized carbons (Fsp3) is 0.667. The Balaban J connectivity index is 2.01. The van der Waals surface area contributed by atoms with Crippen molar-refractivity contribution in [1.82, 2.24) is 4.98 Å². The summed E-state index contributed by atoms with van der Waals surface area (Å²) in [6.07, 6.45) is 8.77. The number of hydrogen-bond acceptors (Lipinski definition) is 4. The molecule has 5 nitrogen and oxygen atoms in total. The van der Waals surface area contributed by atoms with Crippen LogP contribution in [0.5, 0.6) is 0 Å². The zero-order valence-corrected chi connectivity index (χ0v) is 12.3. The highest BCUT2D eigenvalue weighted by atomic mass is 16.6. The van der Waals surface area contributed by atoms with Crippen molar-refractivity contribution < 1.29 is 4.92 Å². The van der Waals surface area contributed by atoms with Gasteiger partial charge in [0.2, 0.25) is 5.82 Å². The van der Waals surface area contributed by atoms with Crippen LogP contribution < -0.4 is 5.32 Å². The van der Waals surface area contributed by atoms with E-state index in [1.807, 2.05) is 0 Å². The van der Waals surface area contributed by atoms with Gasteiger partial charge in [-0.05, 0) is 44.6 Å². The van der Waals surface area contributed by atoms with E-state index in [0.717, 1.165) is 18.8 Å². The van der Waals surface area contributed by atoms with Gasteiger partial charge in [-0.3, -0.25) is 10.1 Å². The van der Waals surface area contributed by atoms with Crippen molar-refractivity contribution in [3.8, 4) is 0 Å². The van der Waals surface area contributed by atoms with Gasteiger partial charge in [0, 0.05) is 17.8 Å². The highest BCUT2D eigenvalue weighted by Crippen LogP contribution is 2.32. The number of aromatic nitrogens is 1. The van der Waals surface area contributed by atoms with E-state index < -0.39 is 0 Å². The second-order valence-corrected chi connectivity index (χ2v) is 5.73. The number of nitrogens with zero attached hydrogens (tertiary/aromatic N) is 2. The normalized spacial score (nSPS) is 22.5. The molecule has 1 aliphatic rings. The summed E-state index contributed by atoms with van der Waals surface area (Å²) in [6.45, 7) is 3.98. The SMILES string of the molecule is CCCC1CCC(Nc2nccc(C)c2[N+](=O)[O-])CC1. The minimum atomic E-state index is -0.340. The Kier molecular flexibility index (Phi) is 4.93. The zero-order valence-electron chi connectivity index (χ0n) is 12.3. The fourth-order valence-electron chi connectivity index (χ4n) is 3.08. The van der Waals surface area contributed by atoms with Crippen LogP contribution in [0, 0.1) is 23.0 Å². The summed E-state index contributed by atoms with van der Waals surface area (Å²) < 4.78 is 0. The highest BCUT2D eigenvalue weighted by molar-refractivity contribution is 5.60. The number of nitrogens with one attached hydrogen (secondary N) is 1. The third-order valence-corrected chi connectivity index (χ3v) is 4.19. The summed E-state index contributed by atoms with van der Waals surface area (Å²) in [5, 5.41) is 14.4. The number of nitro groups is 1. The molecule has 2 rings (SSSR count). The molecule has 0 amide bonds. The van der Waals surface area contributed by atoms with Gasteiger partial charge in [0.15, 0.2) is 0 Å². The van der Waals surface area contributed by atoms with Crippen LogP contribution in [0.1, 0.15) is 51.0 Å². The molecule has 5 heteroatoms. The Morgan fingerprint density at radius 2 is 2.10 bits per heavy atom. The number of hydrogen-bond donors (Lipinski definition) is 1. The summed E-state index contributed by atoms with van der Waals surface area (Å²) in [6, 6.07) is 2.00. The Bertz CT molecular complexity index is 468. The molecule has 1 aromatic heterocycles. The third-order valence-electron chi connectivity index (χ3n) is 4.19. The fourth-order valence-corrected chi connectivity index (χ4v) is 3.08. The van der Waals surface area contributed by atoms with Crippen LogP contribution in [0.3, 0.4) is 0 Å². The van der Waals surface area contributed by atoms with Gasteiger partial charge in [0.1, 0.15) is 0 Å². The third kappa shape index (κ3) is 3.46. The van der Waals surface area contributed by atoms with Crippen LogP contribution in [0.4, 0.5) is 11.5 Å². The number of pyridine rings is 1. The van der Waals surface area contributed by atoms with Crippen molar-refractivity contribution in [2.24, 2.45) is 5.92 Å². The summed E-state index contributed by atoms with van der Waals surface area (Å²) >= 11 is 0. The summed E-state index contributed by atoms with van der Waals surface area (Å²) in [5.41, 5.74) is 0.773. The number of rotatable bonds is 5. The summed E-state index contributed by atoms with van der Waals surface area (Å²) in [7, 11) is 0. The lowest BCUT2D eigenvalue weighted by Crippen LogP contribution is -2.27. The molecule has 0 radical (unpaired) electrons. The standard InChI is InChI=1S/C15H23N3O2/c1-3-4-12-5-7-13(8-6-12)17-15-14(18(19)20)11(2)9-10-16-15/h9-10,12-13H,3-8H2,1-2H3,(H,16,17). The Hall–Kier alpha value is -1.65. The first-order valence-electron chi connectivity index (χ1n) is 7.48. The Morgan fingerprint density at radius 3 is 2.70 bits per heavy atom. The highest BCUT2D eigenvalue weighted by Gasteiger charge is 2.24. The molecule has 1 aliphatic carbocycles. The molecule has 0 spiro atoms. The predicted molar refractivity (Wildman–Crippen MR) is 79.9 cm³/mol. The molecule has 20 heavy (non-hydrogen) atoms.